The van der Waals surface area contributed by atoms with Gasteiger partial charge in [0, 0.05) is 19.1 Å². The summed E-state index contributed by atoms with van der Waals surface area (Å²) in [7, 11) is 1.68. The predicted molar refractivity (Wildman–Crippen MR) is 76.2 cm³/mol. The summed E-state index contributed by atoms with van der Waals surface area (Å²) in [5, 5.41) is 0. The van der Waals surface area contributed by atoms with Crippen LogP contribution in [-0.4, -0.2) is 25.1 Å². The summed E-state index contributed by atoms with van der Waals surface area (Å²) in [5.74, 6) is 0.222. The van der Waals surface area contributed by atoms with Crippen molar-refractivity contribution < 1.29 is 14.3 Å². The Bertz CT molecular complexity index is 557. The molecule has 104 valence electrons. The Morgan fingerprint density at radius 1 is 1.20 bits per heavy atom. The molecule has 1 aromatic rings. The highest BCUT2D eigenvalue weighted by atomic mass is 16.5. The van der Waals surface area contributed by atoms with Crippen LogP contribution in [0.4, 0.5) is 0 Å². The Morgan fingerprint density at radius 2 is 2.00 bits per heavy atom. The lowest BCUT2D eigenvalue weighted by molar-refractivity contribution is -0.114. The van der Waals surface area contributed by atoms with Crippen molar-refractivity contribution in [3.05, 3.63) is 59.2 Å². The summed E-state index contributed by atoms with van der Waals surface area (Å²) in [6, 6.07) is 10.1. The van der Waals surface area contributed by atoms with Crippen molar-refractivity contribution >= 4 is 5.78 Å². The highest BCUT2D eigenvalue weighted by Crippen LogP contribution is 2.34. The Hall–Kier alpha value is -1.71. The number of allylic oxidation sites excluding steroid dienone is 2. The Labute approximate surface area is 118 Å². The zero-order chi connectivity index (χ0) is 13.9. The van der Waals surface area contributed by atoms with Crippen LogP contribution in [0.15, 0.2) is 53.6 Å². The van der Waals surface area contributed by atoms with E-state index in [-0.39, 0.29) is 18.0 Å². The molecule has 0 heterocycles. The van der Waals surface area contributed by atoms with Gasteiger partial charge in [-0.1, -0.05) is 42.5 Å². The number of hydrogen-bond acceptors (Lipinski definition) is 3. The van der Waals surface area contributed by atoms with Gasteiger partial charge in [-0.3, -0.25) is 4.79 Å². The number of ether oxygens (including phenoxy) is 2. The van der Waals surface area contributed by atoms with Crippen molar-refractivity contribution in [2.75, 3.05) is 7.11 Å². The van der Waals surface area contributed by atoms with E-state index in [1.807, 2.05) is 42.5 Å². The van der Waals surface area contributed by atoms with Crippen molar-refractivity contribution in [3.8, 4) is 0 Å². The molecule has 0 fully saturated rings. The fourth-order valence-electron chi connectivity index (χ4n) is 2.87. The summed E-state index contributed by atoms with van der Waals surface area (Å²) in [4.78, 5) is 11.8. The molecule has 0 amide bonds. The molecule has 0 saturated heterocycles. The number of rotatable bonds is 4. The lowest BCUT2D eigenvalue weighted by atomic mass is 9.94. The molecule has 3 heteroatoms. The van der Waals surface area contributed by atoms with Gasteiger partial charge in [-0.15, -0.1) is 0 Å². The molecule has 0 radical (unpaired) electrons. The molecular weight excluding hydrogens is 252 g/mol. The van der Waals surface area contributed by atoms with Crippen molar-refractivity contribution in [2.45, 2.75) is 31.7 Å². The van der Waals surface area contributed by atoms with Crippen LogP contribution in [0, 0.1) is 0 Å². The normalized spacial score (nSPS) is 25.1. The van der Waals surface area contributed by atoms with Gasteiger partial charge >= 0.3 is 0 Å². The van der Waals surface area contributed by atoms with Gasteiger partial charge in [-0.05, 0) is 17.6 Å². The van der Waals surface area contributed by atoms with Crippen LogP contribution in [0.1, 0.15) is 18.4 Å². The summed E-state index contributed by atoms with van der Waals surface area (Å²) in [6.45, 7) is 0.548. The first-order valence-corrected chi connectivity index (χ1v) is 6.92. The second kappa shape index (κ2) is 5.73. The molecule has 2 unspecified atom stereocenters. The zero-order valence-electron chi connectivity index (χ0n) is 11.5. The van der Waals surface area contributed by atoms with Crippen molar-refractivity contribution in [1.29, 1.82) is 0 Å². The minimum atomic E-state index is -0.134. The van der Waals surface area contributed by atoms with Crippen LogP contribution in [-0.2, 0) is 20.9 Å². The maximum Gasteiger partial charge on any atom is 0.163 e. The largest absolute Gasteiger partial charge is 0.374 e. The predicted octanol–water partition coefficient (Wildman–Crippen LogP) is 2.82. The summed E-state index contributed by atoms with van der Waals surface area (Å²) >= 11 is 0. The number of benzene rings is 1. The molecule has 0 spiro atoms. The summed E-state index contributed by atoms with van der Waals surface area (Å²) < 4.78 is 11.5. The molecule has 3 rings (SSSR count). The second-order valence-electron chi connectivity index (χ2n) is 5.14. The quantitative estimate of drug-likeness (QED) is 0.844. The average Bonchev–Trinajstić information content (AvgIpc) is 2.87. The summed E-state index contributed by atoms with van der Waals surface area (Å²) in [6.07, 6.45) is 4.98. The van der Waals surface area contributed by atoms with Gasteiger partial charge in [0.25, 0.3) is 0 Å². The lowest BCUT2D eigenvalue weighted by Crippen LogP contribution is -2.33. The van der Waals surface area contributed by atoms with Crippen LogP contribution in [0.25, 0.3) is 0 Å². The minimum absolute atomic E-state index is 0.121. The fourth-order valence-corrected chi connectivity index (χ4v) is 2.87. The van der Waals surface area contributed by atoms with E-state index in [4.69, 9.17) is 9.47 Å². The molecule has 0 N–H and O–H groups in total. The third-order valence-electron chi connectivity index (χ3n) is 3.90. The van der Waals surface area contributed by atoms with E-state index >= 15 is 0 Å². The van der Waals surface area contributed by atoms with E-state index in [9.17, 15) is 4.79 Å². The van der Waals surface area contributed by atoms with Gasteiger partial charge in [0.05, 0.1) is 6.61 Å². The van der Waals surface area contributed by atoms with E-state index in [1.54, 1.807) is 7.11 Å². The van der Waals surface area contributed by atoms with E-state index in [2.05, 4.69) is 0 Å². The molecule has 2 aliphatic rings. The molecule has 2 aliphatic carbocycles. The van der Waals surface area contributed by atoms with Gasteiger partial charge in [0.2, 0.25) is 0 Å². The first-order valence-electron chi connectivity index (χ1n) is 6.92. The first-order chi connectivity index (χ1) is 9.79. The summed E-state index contributed by atoms with van der Waals surface area (Å²) in [5.41, 5.74) is 3.06. The molecular formula is C17H18O3. The van der Waals surface area contributed by atoms with E-state index in [1.165, 1.54) is 0 Å². The van der Waals surface area contributed by atoms with Crippen molar-refractivity contribution in [2.24, 2.45) is 0 Å². The van der Waals surface area contributed by atoms with Crippen LogP contribution in [0.2, 0.25) is 0 Å². The fraction of sp³-hybridized carbons (Fsp3) is 0.353. The Kier molecular flexibility index (Phi) is 3.81. The Morgan fingerprint density at radius 3 is 2.75 bits per heavy atom. The molecule has 20 heavy (non-hydrogen) atoms. The van der Waals surface area contributed by atoms with Gasteiger partial charge in [0.15, 0.2) is 5.78 Å². The Balaban J connectivity index is 1.71. The molecule has 0 bridgehead atoms. The van der Waals surface area contributed by atoms with Crippen LogP contribution >= 0.6 is 0 Å². The second-order valence-corrected chi connectivity index (χ2v) is 5.14. The zero-order valence-corrected chi connectivity index (χ0v) is 11.5. The minimum Gasteiger partial charge on any atom is -0.374 e. The van der Waals surface area contributed by atoms with Crippen LogP contribution in [0.3, 0.4) is 0 Å². The van der Waals surface area contributed by atoms with Crippen molar-refractivity contribution in [3.63, 3.8) is 0 Å². The van der Waals surface area contributed by atoms with Gasteiger partial charge < -0.3 is 9.47 Å². The standard InChI is InChI=1S/C17H18O3/c1-19-17-14-7-9-15(18)13(14)8-10-16(17)20-11-12-5-3-2-4-6-12/h2-6,8,10,16-17H,7,9,11H2,1H3. The van der Waals surface area contributed by atoms with E-state index in [0.717, 1.165) is 23.1 Å². The van der Waals surface area contributed by atoms with E-state index < -0.39 is 0 Å². The monoisotopic (exact) mass is 270 g/mol. The molecule has 3 nitrogen and oxygen atoms in total. The third-order valence-corrected chi connectivity index (χ3v) is 3.90. The molecule has 0 saturated carbocycles. The molecule has 0 aliphatic heterocycles. The number of ketones is 1. The van der Waals surface area contributed by atoms with E-state index in [0.29, 0.717) is 13.0 Å². The number of carbonyl (C=O) groups excluding carboxylic acids is 1. The molecule has 2 atom stereocenters. The van der Waals surface area contributed by atoms with Crippen LogP contribution in [0.5, 0.6) is 0 Å². The average molecular weight is 270 g/mol. The van der Waals surface area contributed by atoms with Crippen LogP contribution < -0.4 is 0 Å². The van der Waals surface area contributed by atoms with Gasteiger partial charge in [0.1, 0.15) is 12.2 Å². The maximum atomic E-state index is 11.8. The third kappa shape index (κ3) is 2.47. The maximum absolute atomic E-state index is 11.8. The SMILES string of the molecule is COC1C2=C(C=CC1OCc1ccccc1)C(=O)CC2. The van der Waals surface area contributed by atoms with Crippen molar-refractivity contribution in [1.82, 2.24) is 0 Å². The smallest absolute Gasteiger partial charge is 0.163 e. The number of carbonyl (C=O) groups is 1. The first kappa shape index (κ1) is 13.3. The highest BCUT2D eigenvalue weighted by molar-refractivity contribution is 6.01. The molecule has 1 aromatic carbocycles. The van der Waals surface area contributed by atoms with Gasteiger partial charge in [-0.25, -0.2) is 0 Å². The topological polar surface area (TPSA) is 35.5 Å². The number of hydrogen-bond donors (Lipinski definition) is 0. The number of Topliss-reactive ketones (excluding diaryl/α,β-unsaturated/α-hetero) is 1. The molecule has 0 aromatic heterocycles. The van der Waals surface area contributed by atoms with Gasteiger partial charge in [-0.2, -0.15) is 0 Å². The lowest BCUT2D eigenvalue weighted by Gasteiger charge is -2.28. The highest BCUT2D eigenvalue weighted by Gasteiger charge is 2.34. The number of methoxy groups -OCH3 is 1.